The molecule has 5 heteroatoms. The highest BCUT2D eigenvalue weighted by molar-refractivity contribution is 5.96. The minimum Gasteiger partial charge on any atom is -0.379 e. The molecule has 0 saturated carbocycles. The van der Waals surface area contributed by atoms with Crippen LogP contribution in [0, 0.1) is 5.92 Å². The Morgan fingerprint density at radius 1 is 1.30 bits per heavy atom. The zero-order chi connectivity index (χ0) is 16.2. The maximum Gasteiger partial charge on any atom is 0.254 e. The van der Waals surface area contributed by atoms with E-state index in [4.69, 9.17) is 10.5 Å². The molecule has 1 aromatic carbocycles. The molecule has 2 heterocycles. The molecule has 0 bridgehead atoms. The number of nitrogens with two attached hydrogens (primary N) is 1. The summed E-state index contributed by atoms with van der Waals surface area (Å²) < 4.78 is 5.41. The smallest absolute Gasteiger partial charge is 0.254 e. The van der Waals surface area contributed by atoms with E-state index in [2.05, 4.69) is 17.9 Å². The molecule has 126 valence electrons. The summed E-state index contributed by atoms with van der Waals surface area (Å²) in [6, 6.07) is 8.28. The topological polar surface area (TPSA) is 58.8 Å². The van der Waals surface area contributed by atoms with E-state index in [1.165, 1.54) is 0 Å². The third-order valence-electron chi connectivity index (χ3n) is 5.00. The number of hydrogen-bond donors (Lipinski definition) is 1. The van der Waals surface area contributed by atoms with Gasteiger partial charge in [0.15, 0.2) is 0 Å². The van der Waals surface area contributed by atoms with Crippen molar-refractivity contribution < 1.29 is 9.53 Å². The molecule has 1 amide bonds. The van der Waals surface area contributed by atoms with Gasteiger partial charge in [-0.15, -0.1) is 0 Å². The molecule has 0 radical (unpaired) electrons. The van der Waals surface area contributed by atoms with Crippen LogP contribution in [0.15, 0.2) is 24.3 Å². The predicted octanol–water partition coefficient (Wildman–Crippen LogP) is 1.33. The lowest BCUT2D eigenvalue weighted by atomic mass is 10.0. The highest BCUT2D eigenvalue weighted by atomic mass is 16.5. The fourth-order valence-electron chi connectivity index (χ4n) is 3.62. The quantitative estimate of drug-likeness (QED) is 0.910. The minimum atomic E-state index is 0.150. The van der Waals surface area contributed by atoms with Gasteiger partial charge >= 0.3 is 0 Å². The molecule has 2 fully saturated rings. The Morgan fingerprint density at radius 2 is 2.04 bits per heavy atom. The maximum atomic E-state index is 13.0. The van der Waals surface area contributed by atoms with Crippen molar-refractivity contribution in [3.05, 3.63) is 35.4 Å². The highest BCUT2D eigenvalue weighted by Crippen LogP contribution is 2.25. The molecule has 2 aliphatic rings. The molecule has 0 aromatic heterocycles. The van der Waals surface area contributed by atoms with Crippen molar-refractivity contribution in [2.75, 3.05) is 39.4 Å². The van der Waals surface area contributed by atoms with Gasteiger partial charge in [0.25, 0.3) is 5.91 Å². The van der Waals surface area contributed by atoms with Gasteiger partial charge in [0, 0.05) is 37.8 Å². The molecule has 5 nitrogen and oxygen atoms in total. The van der Waals surface area contributed by atoms with E-state index >= 15 is 0 Å². The number of benzene rings is 1. The number of ether oxygens (including phenoxy) is 1. The van der Waals surface area contributed by atoms with Crippen molar-refractivity contribution in [3.8, 4) is 0 Å². The van der Waals surface area contributed by atoms with Crippen LogP contribution in [-0.2, 0) is 11.3 Å². The Balaban J connectivity index is 1.75. The van der Waals surface area contributed by atoms with Crippen molar-refractivity contribution in [2.45, 2.75) is 25.9 Å². The third-order valence-corrected chi connectivity index (χ3v) is 5.00. The van der Waals surface area contributed by atoms with Crippen LogP contribution in [0.2, 0.25) is 0 Å². The zero-order valence-corrected chi connectivity index (χ0v) is 13.9. The lowest BCUT2D eigenvalue weighted by molar-refractivity contribution is 0.0340. The summed E-state index contributed by atoms with van der Waals surface area (Å²) in [5.41, 5.74) is 7.74. The summed E-state index contributed by atoms with van der Waals surface area (Å²) in [4.78, 5) is 17.4. The van der Waals surface area contributed by atoms with Gasteiger partial charge in [0.1, 0.15) is 0 Å². The van der Waals surface area contributed by atoms with Gasteiger partial charge < -0.3 is 15.4 Å². The minimum absolute atomic E-state index is 0.150. The number of amides is 1. The van der Waals surface area contributed by atoms with Crippen LogP contribution in [0.4, 0.5) is 0 Å². The second-order valence-electron chi connectivity index (χ2n) is 6.69. The summed E-state index contributed by atoms with van der Waals surface area (Å²) in [5.74, 6) is 0.581. The van der Waals surface area contributed by atoms with Crippen molar-refractivity contribution in [3.63, 3.8) is 0 Å². The van der Waals surface area contributed by atoms with Crippen LogP contribution in [0.1, 0.15) is 29.3 Å². The highest BCUT2D eigenvalue weighted by Gasteiger charge is 2.32. The van der Waals surface area contributed by atoms with Crippen LogP contribution < -0.4 is 5.73 Å². The number of nitrogens with zero attached hydrogens (tertiary/aromatic N) is 2. The fourth-order valence-corrected chi connectivity index (χ4v) is 3.62. The average Bonchev–Trinajstić information content (AvgIpc) is 2.97. The Morgan fingerprint density at radius 3 is 2.74 bits per heavy atom. The lowest BCUT2D eigenvalue weighted by Crippen LogP contribution is -2.38. The second-order valence-corrected chi connectivity index (χ2v) is 6.69. The van der Waals surface area contributed by atoms with Crippen LogP contribution in [-0.4, -0.2) is 61.1 Å². The Hall–Kier alpha value is -1.43. The molecular formula is C18H27N3O2. The van der Waals surface area contributed by atoms with Gasteiger partial charge in [-0.05, 0) is 37.4 Å². The van der Waals surface area contributed by atoms with E-state index in [9.17, 15) is 4.79 Å². The van der Waals surface area contributed by atoms with E-state index in [1.807, 2.05) is 23.1 Å². The molecule has 2 N–H and O–H groups in total. The summed E-state index contributed by atoms with van der Waals surface area (Å²) >= 11 is 0. The summed E-state index contributed by atoms with van der Waals surface area (Å²) in [6.07, 6.45) is 1.01. The molecule has 3 rings (SSSR count). The largest absolute Gasteiger partial charge is 0.379 e. The van der Waals surface area contributed by atoms with Crippen molar-refractivity contribution >= 4 is 5.91 Å². The zero-order valence-electron chi connectivity index (χ0n) is 13.9. The number of carbonyl (C=O) groups is 1. The summed E-state index contributed by atoms with van der Waals surface area (Å²) in [7, 11) is 0. The van der Waals surface area contributed by atoms with E-state index < -0.39 is 0 Å². The normalized spacial score (nSPS) is 25.7. The van der Waals surface area contributed by atoms with Crippen molar-refractivity contribution in [2.24, 2.45) is 11.7 Å². The first-order chi connectivity index (χ1) is 11.2. The SMILES string of the molecule is CC1CC(CN)CN1C(=O)c1ccccc1CN1CCOCC1. The van der Waals surface area contributed by atoms with E-state index in [-0.39, 0.29) is 11.9 Å². The van der Waals surface area contributed by atoms with E-state index in [0.29, 0.717) is 12.5 Å². The number of likely N-dealkylation sites (tertiary alicyclic amines) is 1. The van der Waals surface area contributed by atoms with E-state index in [0.717, 1.165) is 56.9 Å². The lowest BCUT2D eigenvalue weighted by Gasteiger charge is -2.28. The molecule has 0 aliphatic carbocycles. The Bertz CT molecular complexity index is 543. The fraction of sp³-hybridized carbons (Fsp3) is 0.611. The van der Waals surface area contributed by atoms with Crippen molar-refractivity contribution in [1.82, 2.24) is 9.80 Å². The van der Waals surface area contributed by atoms with Gasteiger partial charge in [-0.3, -0.25) is 9.69 Å². The first-order valence-electron chi connectivity index (χ1n) is 8.58. The Labute approximate surface area is 138 Å². The maximum absolute atomic E-state index is 13.0. The van der Waals surface area contributed by atoms with Crippen LogP contribution in [0.25, 0.3) is 0 Å². The standard InChI is InChI=1S/C18H27N3O2/c1-14-10-15(11-19)12-21(14)18(22)17-5-3-2-4-16(17)13-20-6-8-23-9-7-20/h2-5,14-15H,6-13,19H2,1H3. The number of hydrogen-bond acceptors (Lipinski definition) is 4. The molecular weight excluding hydrogens is 290 g/mol. The average molecular weight is 317 g/mol. The molecule has 0 spiro atoms. The van der Waals surface area contributed by atoms with E-state index in [1.54, 1.807) is 0 Å². The summed E-state index contributed by atoms with van der Waals surface area (Å²) in [6.45, 7) is 7.78. The number of rotatable bonds is 4. The Kier molecular flexibility index (Phi) is 5.30. The van der Waals surface area contributed by atoms with Crippen LogP contribution >= 0.6 is 0 Å². The van der Waals surface area contributed by atoms with Gasteiger partial charge in [-0.1, -0.05) is 18.2 Å². The molecule has 23 heavy (non-hydrogen) atoms. The van der Waals surface area contributed by atoms with Crippen LogP contribution in [0.5, 0.6) is 0 Å². The number of carbonyl (C=O) groups excluding carboxylic acids is 1. The second kappa shape index (κ2) is 7.43. The molecule has 2 unspecified atom stereocenters. The van der Waals surface area contributed by atoms with Gasteiger partial charge in [0.2, 0.25) is 0 Å². The monoisotopic (exact) mass is 317 g/mol. The molecule has 1 aromatic rings. The number of morpholine rings is 1. The first-order valence-corrected chi connectivity index (χ1v) is 8.58. The molecule has 2 saturated heterocycles. The van der Waals surface area contributed by atoms with Crippen LogP contribution in [0.3, 0.4) is 0 Å². The molecule has 2 aliphatic heterocycles. The van der Waals surface area contributed by atoms with Gasteiger partial charge in [-0.2, -0.15) is 0 Å². The van der Waals surface area contributed by atoms with Gasteiger partial charge in [-0.25, -0.2) is 0 Å². The summed E-state index contributed by atoms with van der Waals surface area (Å²) in [5, 5.41) is 0. The third kappa shape index (κ3) is 3.74. The van der Waals surface area contributed by atoms with Gasteiger partial charge in [0.05, 0.1) is 13.2 Å². The molecule has 2 atom stereocenters. The predicted molar refractivity (Wildman–Crippen MR) is 90.2 cm³/mol. The van der Waals surface area contributed by atoms with Crippen molar-refractivity contribution in [1.29, 1.82) is 0 Å². The first kappa shape index (κ1) is 16.4.